The van der Waals surface area contributed by atoms with Crippen molar-refractivity contribution in [1.82, 2.24) is 4.90 Å². The number of hydrogen-bond acceptors (Lipinski definition) is 4. The highest BCUT2D eigenvalue weighted by atomic mass is 32.2. The molecule has 0 bridgehead atoms. The van der Waals surface area contributed by atoms with Crippen LogP contribution in [0.4, 0.5) is 0 Å². The van der Waals surface area contributed by atoms with Crippen LogP contribution in [0.5, 0.6) is 0 Å². The molecule has 0 spiro atoms. The number of nitrogens with zero attached hydrogens (tertiary/aromatic N) is 1. The standard InChI is InChI=1S/C12H24N2O2S/c1-10-9-17(15,16)8-7-14(10)12-6-4-2-3-5-11(12)13/h10-12H,2-9,13H2,1H3. The number of rotatable bonds is 1. The Morgan fingerprint density at radius 3 is 2.59 bits per heavy atom. The Morgan fingerprint density at radius 2 is 1.88 bits per heavy atom. The van der Waals surface area contributed by atoms with Crippen LogP contribution in [0.3, 0.4) is 0 Å². The Bertz CT molecular complexity index is 356. The maximum Gasteiger partial charge on any atom is 0.153 e. The first-order valence-electron chi connectivity index (χ1n) is 6.71. The molecule has 1 saturated carbocycles. The highest BCUT2D eigenvalue weighted by Gasteiger charge is 2.35. The van der Waals surface area contributed by atoms with Gasteiger partial charge in [-0.1, -0.05) is 19.3 Å². The van der Waals surface area contributed by atoms with Gasteiger partial charge in [0.2, 0.25) is 0 Å². The summed E-state index contributed by atoms with van der Waals surface area (Å²) in [7, 11) is -2.81. The van der Waals surface area contributed by atoms with Gasteiger partial charge in [0.1, 0.15) is 0 Å². The van der Waals surface area contributed by atoms with E-state index in [0.29, 0.717) is 24.1 Å². The molecular weight excluding hydrogens is 236 g/mol. The lowest BCUT2D eigenvalue weighted by atomic mass is 10.0. The summed E-state index contributed by atoms with van der Waals surface area (Å²) in [6.07, 6.45) is 5.93. The van der Waals surface area contributed by atoms with Crippen LogP contribution in [0.15, 0.2) is 0 Å². The Balaban J connectivity index is 2.06. The molecule has 2 rings (SSSR count). The van der Waals surface area contributed by atoms with Crippen molar-refractivity contribution in [1.29, 1.82) is 0 Å². The highest BCUT2D eigenvalue weighted by Crippen LogP contribution is 2.25. The van der Waals surface area contributed by atoms with Crippen LogP contribution in [0.2, 0.25) is 0 Å². The number of sulfone groups is 1. The van der Waals surface area contributed by atoms with E-state index < -0.39 is 9.84 Å². The highest BCUT2D eigenvalue weighted by molar-refractivity contribution is 7.91. The molecule has 2 N–H and O–H groups in total. The third kappa shape index (κ3) is 3.20. The predicted octanol–water partition coefficient (Wildman–Crippen LogP) is 0.765. The summed E-state index contributed by atoms with van der Waals surface area (Å²) < 4.78 is 23.2. The summed E-state index contributed by atoms with van der Waals surface area (Å²) in [5, 5.41) is 0. The summed E-state index contributed by atoms with van der Waals surface area (Å²) in [4.78, 5) is 2.34. The Kier molecular flexibility index (Phi) is 4.10. The lowest BCUT2D eigenvalue weighted by molar-refractivity contribution is 0.129. The molecule has 0 radical (unpaired) electrons. The first-order valence-corrected chi connectivity index (χ1v) is 8.53. The van der Waals surface area contributed by atoms with E-state index in [2.05, 4.69) is 4.90 Å². The van der Waals surface area contributed by atoms with Crippen molar-refractivity contribution in [3.63, 3.8) is 0 Å². The predicted molar refractivity (Wildman–Crippen MR) is 69.7 cm³/mol. The summed E-state index contributed by atoms with van der Waals surface area (Å²) in [5.41, 5.74) is 6.25. The second kappa shape index (κ2) is 5.24. The van der Waals surface area contributed by atoms with E-state index in [9.17, 15) is 8.42 Å². The normalized spacial score (nSPS) is 39.8. The second-order valence-electron chi connectivity index (χ2n) is 5.57. The van der Waals surface area contributed by atoms with E-state index in [1.807, 2.05) is 6.92 Å². The number of nitrogens with two attached hydrogens (primary N) is 1. The van der Waals surface area contributed by atoms with E-state index in [0.717, 1.165) is 12.8 Å². The van der Waals surface area contributed by atoms with Crippen molar-refractivity contribution in [3.05, 3.63) is 0 Å². The molecule has 100 valence electrons. The van der Waals surface area contributed by atoms with E-state index in [1.165, 1.54) is 19.3 Å². The third-order valence-electron chi connectivity index (χ3n) is 4.18. The van der Waals surface area contributed by atoms with Gasteiger partial charge in [0, 0.05) is 24.7 Å². The van der Waals surface area contributed by atoms with Gasteiger partial charge in [-0.3, -0.25) is 4.90 Å². The zero-order valence-corrected chi connectivity index (χ0v) is 11.5. The fourth-order valence-corrected chi connectivity index (χ4v) is 4.81. The van der Waals surface area contributed by atoms with Crippen molar-refractivity contribution >= 4 is 9.84 Å². The first-order chi connectivity index (χ1) is 7.99. The van der Waals surface area contributed by atoms with Gasteiger partial charge >= 0.3 is 0 Å². The van der Waals surface area contributed by atoms with Crippen LogP contribution >= 0.6 is 0 Å². The molecule has 3 unspecified atom stereocenters. The molecule has 5 heteroatoms. The molecule has 2 fully saturated rings. The summed E-state index contributed by atoms with van der Waals surface area (Å²) in [6.45, 7) is 2.69. The summed E-state index contributed by atoms with van der Waals surface area (Å²) >= 11 is 0. The van der Waals surface area contributed by atoms with Crippen LogP contribution in [0, 0.1) is 0 Å². The fourth-order valence-electron chi connectivity index (χ4n) is 3.23. The molecular formula is C12H24N2O2S. The van der Waals surface area contributed by atoms with Gasteiger partial charge in [-0.05, 0) is 19.8 Å². The van der Waals surface area contributed by atoms with Gasteiger partial charge < -0.3 is 5.73 Å². The average Bonchev–Trinajstić information content (AvgIpc) is 2.42. The van der Waals surface area contributed by atoms with Crippen LogP contribution in [-0.4, -0.2) is 49.5 Å². The largest absolute Gasteiger partial charge is 0.326 e. The SMILES string of the molecule is CC1CS(=O)(=O)CCN1C1CCCCCC1N. The molecule has 3 atom stereocenters. The summed E-state index contributed by atoms with van der Waals surface area (Å²) in [6, 6.07) is 0.742. The van der Waals surface area contributed by atoms with Crippen molar-refractivity contribution < 1.29 is 8.42 Å². The van der Waals surface area contributed by atoms with Crippen molar-refractivity contribution in [2.24, 2.45) is 5.73 Å². The van der Waals surface area contributed by atoms with Crippen molar-refractivity contribution in [2.45, 2.75) is 57.2 Å². The van der Waals surface area contributed by atoms with Crippen LogP contribution in [-0.2, 0) is 9.84 Å². The average molecular weight is 260 g/mol. The molecule has 1 aliphatic heterocycles. The van der Waals surface area contributed by atoms with E-state index in [4.69, 9.17) is 5.73 Å². The molecule has 4 nitrogen and oxygen atoms in total. The van der Waals surface area contributed by atoms with Crippen molar-refractivity contribution in [2.75, 3.05) is 18.1 Å². The smallest absolute Gasteiger partial charge is 0.153 e. The Morgan fingerprint density at radius 1 is 1.18 bits per heavy atom. The van der Waals surface area contributed by atoms with Gasteiger partial charge in [0.15, 0.2) is 9.84 Å². The molecule has 0 aromatic rings. The van der Waals surface area contributed by atoms with Gasteiger partial charge in [-0.2, -0.15) is 0 Å². The van der Waals surface area contributed by atoms with E-state index in [1.54, 1.807) is 0 Å². The molecule has 2 aliphatic rings. The topological polar surface area (TPSA) is 63.4 Å². The van der Waals surface area contributed by atoms with Gasteiger partial charge in [-0.15, -0.1) is 0 Å². The molecule has 0 aromatic carbocycles. The van der Waals surface area contributed by atoms with Gasteiger partial charge in [0.25, 0.3) is 0 Å². The quantitative estimate of drug-likeness (QED) is 0.707. The minimum absolute atomic E-state index is 0.128. The molecule has 1 saturated heterocycles. The van der Waals surface area contributed by atoms with Crippen LogP contribution in [0.25, 0.3) is 0 Å². The van der Waals surface area contributed by atoms with E-state index in [-0.39, 0.29) is 12.1 Å². The summed E-state index contributed by atoms with van der Waals surface area (Å²) in [5.74, 6) is 0.608. The van der Waals surface area contributed by atoms with Crippen LogP contribution < -0.4 is 5.73 Å². The zero-order chi connectivity index (χ0) is 12.5. The minimum atomic E-state index is -2.81. The zero-order valence-electron chi connectivity index (χ0n) is 10.6. The lowest BCUT2D eigenvalue weighted by Gasteiger charge is -2.41. The van der Waals surface area contributed by atoms with E-state index >= 15 is 0 Å². The molecule has 17 heavy (non-hydrogen) atoms. The van der Waals surface area contributed by atoms with Crippen molar-refractivity contribution in [3.8, 4) is 0 Å². The number of hydrogen-bond donors (Lipinski definition) is 1. The molecule has 0 aromatic heterocycles. The van der Waals surface area contributed by atoms with Gasteiger partial charge in [0.05, 0.1) is 11.5 Å². The third-order valence-corrected chi connectivity index (χ3v) is 5.97. The maximum atomic E-state index is 11.6. The lowest BCUT2D eigenvalue weighted by Crippen LogP contribution is -2.56. The monoisotopic (exact) mass is 260 g/mol. The Hall–Kier alpha value is -0.130. The molecule has 0 amide bonds. The maximum absolute atomic E-state index is 11.6. The second-order valence-corrected chi connectivity index (χ2v) is 7.80. The Labute approximate surface area is 104 Å². The fraction of sp³-hybridized carbons (Fsp3) is 1.00. The molecule has 1 heterocycles. The minimum Gasteiger partial charge on any atom is -0.326 e. The molecule has 1 aliphatic carbocycles. The van der Waals surface area contributed by atoms with Crippen LogP contribution in [0.1, 0.15) is 39.0 Å². The first kappa shape index (κ1) is 13.3. The van der Waals surface area contributed by atoms with Gasteiger partial charge in [-0.25, -0.2) is 8.42 Å².